The van der Waals surface area contributed by atoms with Crippen LogP contribution in [-0.4, -0.2) is 37.6 Å². The van der Waals surface area contributed by atoms with Gasteiger partial charge in [-0.25, -0.2) is 0 Å². The molecule has 1 aliphatic heterocycles. The van der Waals surface area contributed by atoms with Gasteiger partial charge in [-0.1, -0.05) is 12.1 Å². The van der Waals surface area contributed by atoms with E-state index in [1.54, 1.807) is 12.0 Å². The third-order valence-electron chi connectivity index (χ3n) is 3.68. The first-order valence-electron chi connectivity index (χ1n) is 6.83. The van der Waals surface area contributed by atoms with Crippen LogP contribution in [-0.2, 0) is 22.1 Å². The Morgan fingerprint density at radius 2 is 2.00 bits per heavy atom. The van der Waals surface area contributed by atoms with Crippen LogP contribution >= 0.6 is 0 Å². The highest BCUT2D eigenvalue weighted by Gasteiger charge is 2.30. The standard InChI is InChI=1S/C15H18F3NO2/c1-21-10-12-6-7-19(9-12)14(20)8-11-2-4-13(5-3-11)15(16,17)18/h2-5,12H,6-10H2,1H3/t12-/m1/s1. The van der Waals surface area contributed by atoms with Gasteiger partial charge in [0.25, 0.3) is 0 Å². The van der Waals surface area contributed by atoms with Crippen molar-refractivity contribution in [3.63, 3.8) is 0 Å². The molecule has 1 saturated heterocycles. The molecule has 0 spiro atoms. The Balaban J connectivity index is 1.91. The van der Waals surface area contributed by atoms with Crippen LogP contribution in [0.15, 0.2) is 24.3 Å². The highest BCUT2D eigenvalue weighted by Crippen LogP contribution is 2.29. The number of ether oxygens (including phenoxy) is 1. The molecule has 1 atom stereocenters. The second kappa shape index (κ2) is 6.47. The number of hydrogen-bond acceptors (Lipinski definition) is 2. The summed E-state index contributed by atoms with van der Waals surface area (Å²) in [5.74, 6) is 0.305. The Morgan fingerprint density at radius 3 is 2.57 bits per heavy atom. The van der Waals surface area contributed by atoms with Crippen LogP contribution in [0.4, 0.5) is 13.2 Å². The maximum atomic E-state index is 12.5. The van der Waals surface area contributed by atoms with Gasteiger partial charge in [-0.05, 0) is 24.1 Å². The van der Waals surface area contributed by atoms with Crippen LogP contribution in [0.3, 0.4) is 0 Å². The third-order valence-corrected chi connectivity index (χ3v) is 3.68. The van der Waals surface area contributed by atoms with E-state index in [-0.39, 0.29) is 12.3 Å². The molecule has 3 nitrogen and oxygen atoms in total. The second-order valence-electron chi connectivity index (χ2n) is 5.32. The molecule has 0 unspecified atom stereocenters. The Morgan fingerprint density at radius 1 is 1.33 bits per heavy atom. The SMILES string of the molecule is COC[C@@H]1CCN(C(=O)Cc2ccc(C(F)(F)F)cc2)C1. The molecule has 116 valence electrons. The van der Waals surface area contributed by atoms with Gasteiger partial charge < -0.3 is 9.64 Å². The first-order valence-corrected chi connectivity index (χ1v) is 6.83. The summed E-state index contributed by atoms with van der Waals surface area (Å²) in [5.41, 5.74) is -0.0942. The number of nitrogens with zero attached hydrogens (tertiary/aromatic N) is 1. The quantitative estimate of drug-likeness (QED) is 0.856. The van der Waals surface area contributed by atoms with Crippen molar-refractivity contribution in [2.45, 2.75) is 19.0 Å². The zero-order valence-electron chi connectivity index (χ0n) is 11.8. The van der Waals surface area contributed by atoms with E-state index in [0.29, 0.717) is 31.2 Å². The van der Waals surface area contributed by atoms with Crippen molar-refractivity contribution >= 4 is 5.91 Å². The van der Waals surface area contributed by atoms with Crippen molar-refractivity contribution < 1.29 is 22.7 Å². The maximum Gasteiger partial charge on any atom is 0.416 e. The lowest BCUT2D eigenvalue weighted by Gasteiger charge is -2.16. The van der Waals surface area contributed by atoms with Gasteiger partial charge >= 0.3 is 6.18 Å². The van der Waals surface area contributed by atoms with Gasteiger partial charge in [0.1, 0.15) is 0 Å². The number of methoxy groups -OCH3 is 1. The average molecular weight is 301 g/mol. The lowest BCUT2D eigenvalue weighted by Crippen LogP contribution is -2.30. The molecule has 1 fully saturated rings. The topological polar surface area (TPSA) is 29.5 Å². The highest BCUT2D eigenvalue weighted by atomic mass is 19.4. The number of likely N-dealkylation sites (tertiary alicyclic amines) is 1. The van der Waals surface area contributed by atoms with Crippen molar-refractivity contribution in [3.8, 4) is 0 Å². The van der Waals surface area contributed by atoms with Gasteiger partial charge in [0, 0.05) is 26.1 Å². The van der Waals surface area contributed by atoms with Gasteiger partial charge in [0.05, 0.1) is 18.6 Å². The molecular formula is C15H18F3NO2. The summed E-state index contributed by atoms with van der Waals surface area (Å²) in [6.45, 7) is 1.98. The molecule has 0 bridgehead atoms. The molecule has 21 heavy (non-hydrogen) atoms. The molecule has 0 aromatic heterocycles. The highest BCUT2D eigenvalue weighted by molar-refractivity contribution is 5.79. The summed E-state index contributed by atoms with van der Waals surface area (Å²) in [4.78, 5) is 13.9. The van der Waals surface area contributed by atoms with Crippen molar-refractivity contribution in [1.29, 1.82) is 0 Å². The average Bonchev–Trinajstić information content (AvgIpc) is 2.87. The predicted octanol–water partition coefficient (Wildman–Crippen LogP) is 2.74. The van der Waals surface area contributed by atoms with Crippen LogP contribution in [0.2, 0.25) is 0 Å². The normalized spacial score (nSPS) is 19.0. The molecule has 2 rings (SSSR count). The number of halogens is 3. The minimum Gasteiger partial charge on any atom is -0.384 e. The zero-order valence-corrected chi connectivity index (χ0v) is 11.8. The fraction of sp³-hybridized carbons (Fsp3) is 0.533. The molecule has 1 aliphatic rings. The molecule has 1 aromatic rings. The molecule has 0 saturated carbocycles. The summed E-state index contributed by atoms with van der Waals surface area (Å²) < 4.78 is 42.4. The lowest BCUT2D eigenvalue weighted by atomic mass is 10.1. The van der Waals surface area contributed by atoms with E-state index < -0.39 is 11.7 Å². The third kappa shape index (κ3) is 4.20. The van der Waals surface area contributed by atoms with Crippen molar-refractivity contribution in [2.24, 2.45) is 5.92 Å². The van der Waals surface area contributed by atoms with Crippen molar-refractivity contribution in [1.82, 2.24) is 4.90 Å². The largest absolute Gasteiger partial charge is 0.416 e. The van der Waals surface area contributed by atoms with Crippen LogP contribution in [0.25, 0.3) is 0 Å². The van der Waals surface area contributed by atoms with E-state index in [1.807, 2.05) is 0 Å². The Bertz CT molecular complexity index is 485. The van der Waals surface area contributed by atoms with E-state index in [9.17, 15) is 18.0 Å². The Labute approximate surface area is 121 Å². The van der Waals surface area contributed by atoms with E-state index in [4.69, 9.17) is 4.74 Å². The maximum absolute atomic E-state index is 12.5. The molecule has 0 N–H and O–H groups in total. The molecule has 1 heterocycles. The fourth-order valence-electron chi connectivity index (χ4n) is 2.53. The predicted molar refractivity (Wildman–Crippen MR) is 71.7 cm³/mol. The summed E-state index contributed by atoms with van der Waals surface area (Å²) in [6, 6.07) is 4.76. The van der Waals surface area contributed by atoms with Crippen LogP contribution in [0.1, 0.15) is 17.5 Å². The van der Waals surface area contributed by atoms with Gasteiger partial charge in [0.15, 0.2) is 0 Å². The van der Waals surface area contributed by atoms with E-state index >= 15 is 0 Å². The summed E-state index contributed by atoms with van der Waals surface area (Å²) in [6.07, 6.45) is -3.30. The Kier molecular flexibility index (Phi) is 4.88. The van der Waals surface area contributed by atoms with Crippen LogP contribution < -0.4 is 0 Å². The summed E-state index contributed by atoms with van der Waals surface area (Å²) >= 11 is 0. The summed E-state index contributed by atoms with van der Waals surface area (Å²) in [5, 5.41) is 0. The molecule has 1 amide bonds. The first-order chi connectivity index (χ1) is 9.90. The first kappa shape index (κ1) is 15.8. The van der Waals surface area contributed by atoms with E-state index in [0.717, 1.165) is 18.6 Å². The number of alkyl halides is 3. The number of carbonyl (C=O) groups is 1. The number of amides is 1. The van der Waals surface area contributed by atoms with Crippen molar-refractivity contribution in [2.75, 3.05) is 26.8 Å². The van der Waals surface area contributed by atoms with Crippen LogP contribution in [0.5, 0.6) is 0 Å². The Hall–Kier alpha value is -1.56. The number of hydrogen-bond donors (Lipinski definition) is 0. The van der Waals surface area contributed by atoms with E-state index in [1.165, 1.54) is 12.1 Å². The van der Waals surface area contributed by atoms with Gasteiger partial charge in [0.2, 0.25) is 5.91 Å². The summed E-state index contributed by atoms with van der Waals surface area (Å²) in [7, 11) is 1.63. The van der Waals surface area contributed by atoms with Crippen LogP contribution in [0, 0.1) is 5.92 Å². The number of rotatable bonds is 4. The van der Waals surface area contributed by atoms with Gasteiger partial charge in [-0.15, -0.1) is 0 Å². The smallest absolute Gasteiger partial charge is 0.384 e. The monoisotopic (exact) mass is 301 g/mol. The molecule has 0 aliphatic carbocycles. The number of carbonyl (C=O) groups excluding carboxylic acids is 1. The second-order valence-corrected chi connectivity index (χ2v) is 5.32. The van der Waals surface area contributed by atoms with E-state index in [2.05, 4.69) is 0 Å². The van der Waals surface area contributed by atoms with Gasteiger partial charge in [-0.2, -0.15) is 13.2 Å². The minimum atomic E-state index is -4.34. The zero-order chi connectivity index (χ0) is 15.5. The molecule has 0 radical (unpaired) electrons. The lowest BCUT2D eigenvalue weighted by molar-refractivity contribution is -0.137. The minimum absolute atomic E-state index is 0.0478. The number of benzene rings is 1. The van der Waals surface area contributed by atoms with Crippen molar-refractivity contribution in [3.05, 3.63) is 35.4 Å². The fourth-order valence-corrected chi connectivity index (χ4v) is 2.53. The molecular weight excluding hydrogens is 283 g/mol. The molecule has 6 heteroatoms. The van der Waals surface area contributed by atoms with Gasteiger partial charge in [-0.3, -0.25) is 4.79 Å². The molecule has 1 aromatic carbocycles.